The van der Waals surface area contributed by atoms with Gasteiger partial charge >= 0.3 is 0 Å². The average molecular weight is 332 g/mol. The normalized spacial score (nSPS) is 10.6. The van der Waals surface area contributed by atoms with Crippen molar-refractivity contribution in [1.29, 1.82) is 0 Å². The van der Waals surface area contributed by atoms with Gasteiger partial charge in [0.2, 0.25) is 0 Å². The van der Waals surface area contributed by atoms with Crippen LogP contribution in [0.25, 0.3) is 0 Å². The predicted octanol–water partition coefficient (Wildman–Crippen LogP) is 2.94. The van der Waals surface area contributed by atoms with Crippen LogP contribution in [0.15, 0.2) is 53.6 Å². The molecule has 0 aromatic heterocycles. The maximum atomic E-state index is 11.6. The summed E-state index contributed by atoms with van der Waals surface area (Å²) >= 11 is 5.77. The summed E-state index contributed by atoms with van der Waals surface area (Å²) in [4.78, 5) is 13.6. The molecule has 5 nitrogen and oxygen atoms in total. The molecule has 0 aliphatic carbocycles. The molecule has 2 aromatic carbocycles. The third-order valence-electron chi connectivity index (χ3n) is 3.00. The fourth-order valence-electron chi connectivity index (χ4n) is 1.75. The molecule has 0 saturated heterocycles. The van der Waals surface area contributed by atoms with Gasteiger partial charge in [-0.05, 0) is 42.0 Å². The smallest absolute Gasteiger partial charge is 0.277 e. The minimum atomic E-state index is -0.332. The topological polar surface area (TPSA) is 53.9 Å². The largest absolute Gasteiger partial charge is 0.484 e. The maximum Gasteiger partial charge on any atom is 0.277 e. The number of ether oxygens (including phenoxy) is 1. The number of hydrogen-bond acceptors (Lipinski definition) is 4. The van der Waals surface area contributed by atoms with Crippen molar-refractivity contribution < 1.29 is 9.53 Å². The Morgan fingerprint density at radius 2 is 1.83 bits per heavy atom. The summed E-state index contributed by atoms with van der Waals surface area (Å²) in [6.07, 6.45) is 1.58. The molecule has 0 spiro atoms. The first-order valence-corrected chi connectivity index (χ1v) is 7.40. The Hall–Kier alpha value is -2.53. The molecule has 1 amide bonds. The van der Waals surface area contributed by atoms with Gasteiger partial charge in [-0.25, -0.2) is 5.43 Å². The highest BCUT2D eigenvalue weighted by Crippen LogP contribution is 2.15. The van der Waals surface area contributed by atoms with Crippen molar-refractivity contribution in [1.82, 2.24) is 5.43 Å². The zero-order valence-corrected chi connectivity index (χ0v) is 13.7. The van der Waals surface area contributed by atoms with Gasteiger partial charge in [-0.15, -0.1) is 0 Å². The molecule has 0 saturated carbocycles. The average Bonchev–Trinajstić information content (AvgIpc) is 2.55. The van der Waals surface area contributed by atoms with Gasteiger partial charge in [-0.3, -0.25) is 4.79 Å². The van der Waals surface area contributed by atoms with Crippen LogP contribution in [-0.2, 0) is 4.79 Å². The number of hydrogen-bond donors (Lipinski definition) is 1. The van der Waals surface area contributed by atoms with E-state index in [1.807, 2.05) is 43.3 Å². The van der Waals surface area contributed by atoms with Crippen LogP contribution in [0.5, 0.6) is 5.75 Å². The van der Waals surface area contributed by atoms with Gasteiger partial charge in [0.05, 0.1) is 6.21 Å². The lowest BCUT2D eigenvalue weighted by molar-refractivity contribution is -0.123. The number of nitrogens with zero attached hydrogens (tertiary/aromatic N) is 2. The summed E-state index contributed by atoms with van der Waals surface area (Å²) in [6, 6.07) is 14.6. The Bertz CT molecular complexity index is 667. The van der Waals surface area contributed by atoms with Crippen LogP contribution in [0.3, 0.4) is 0 Å². The molecule has 1 N–H and O–H groups in total. The van der Waals surface area contributed by atoms with E-state index in [1.165, 1.54) is 0 Å². The minimum absolute atomic E-state index is 0.113. The third kappa shape index (κ3) is 5.64. The Kier molecular flexibility index (Phi) is 6.00. The highest BCUT2D eigenvalue weighted by Gasteiger charge is 2.01. The van der Waals surface area contributed by atoms with Gasteiger partial charge in [0.15, 0.2) is 6.61 Å². The van der Waals surface area contributed by atoms with Crippen molar-refractivity contribution in [2.75, 3.05) is 25.6 Å². The van der Waals surface area contributed by atoms with Crippen molar-refractivity contribution in [3.63, 3.8) is 0 Å². The van der Waals surface area contributed by atoms with E-state index in [-0.39, 0.29) is 12.5 Å². The summed E-state index contributed by atoms with van der Waals surface area (Å²) < 4.78 is 5.32. The number of halogens is 1. The molecular weight excluding hydrogens is 314 g/mol. The lowest BCUT2D eigenvalue weighted by Crippen LogP contribution is -2.24. The molecule has 23 heavy (non-hydrogen) atoms. The minimum Gasteiger partial charge on any atom is -0.484 e. The number of hydrazone groups is 1. The van der Waals surface area contributed by atoms with Gasteiger partial charge in [-0.1, -0.05) is 23.7 Å². The standard InChI is InChI=1S/C17H18ClN3O2/c1-21(2)15-7-3-13(4-8-15)11-19-20-17(22)12-23-16-9-5-14(18)6-10-16/h3-11H,12H2,1-2H3,(H,20,22)/b19-11-. The van der Waals surface area contributed by atoms with E-state index in [0.29, 0.717) is 10.8 Å². The molecule has 0 heterocycles. The molecule has 2 aromatic rings. The molecule has 0 radical (unpaired) electrons. The van der Waals surface area contributed by atoms with Gasteiger partial charge in [0.1, 0.15) is 5.75 Å². The van der Waals surface area contributed by atoms with Gasteiger partial charge in [0.25, 0.3) is 5.91 Å². The van der Waals surface area contributed by atoms with Crippen LogP contribution in [0.2, 0.25) is 5.02 Å². The Morgan fingerprint density at radius 1 is 1.17 bits per heavy atom. The molecular formula is C17H18ClN3O2. The van der Waals surface area contributed by atoms with Gasteiger partial charge in [-0.2, -0.15) is 5.10 Å². The highest BCUT2D eigenvalue weighted by molar-refractivity contribution is 6.30. The lowest BCUT2D eigenvalue weighted by Gasteiger charge is -2.11. The quantitative estimate of drug-likeness (QED) is 0.654. The fraction of sp³-hybridized carbons (Fsp3) is 0.176. The molecule has 0 aliphatic heterocycles. The number of rotatable bonds is 6. The van der Waals surface area contributed by atoms with E-state index in [9.17, 15) is 4.79 Å². The molecule has 0 atom stereocenters. The molecule has 2 rings (SSSR count). The van der Waals surface area contributed by atoms with Crippen molar-refractivity contribution in [2.45, 2.75) is 0 Å². The predicted molar refractivity (Wildman–Crippen MR) is 93.5 cm³/mol. The van der Waals surface area contributed by atoms with E-state index >= 15 is 0 Å². The van der Waals surface area contributed by atoms with Crippen molar-refractivity contribution in [2.24, 2.45) is 5.10 Å². The van der Waals surface area contributed by atoms with Crippen LogP contribution in [0.1, 0.15) is 5.56 Å². The number of carbonyl (C=O) groups excluding carboxylic acids is 1. The fourth-order valence-corrected chi connectivity index (χ4v) is 1.88. The summed E-state index contributed by atoms with van der Waals surface area (Å²) in [6.45, 7) is -0.113. The van der Waals surface area contributed by atoms with Crippen molar-refractivity contribution in [3.05, 3.63) is 59.1 Å². The second-order valence-electron chi connectivity index (χ2n) is 5.02. The maximum absolute atomic E-state index is 11.6. The Labute approximate surface area is 140 Å². The van der Waals surface area contributed by atoms with Crippen LogP contribution in [-0.4, -0.2) is 32.8 Å². The second kappa shape index (κ2) is 8.19. The number of anilines is 1. The number of carbonyl (C=O) groups is 1. The SMILES string of the molecule is CN(C)c1ccc(/C=N\NC(=O)COc2ccc(Cl)cc2)cc1. The molecule has 0 unspecified atom stereocenters. The lowest BCUT2D eigenvalue weighted by atomic mass is 10.2. The van der Waals surface area contributed by atoms with E-state index < -0.39 is 0 Å². The Balaban J connectivity index is 1.78. The third-order valence-corrected chi connectivity index (χ3v) is 3.25. The van der Waals surface area contributed by atoms with Crippen molar-refractivity contribution in [3.8, 4) is 5.75 Å². The first kappa shape index (κ1) is 16.8. The van der Waals surface area contributed by atoms with Gasteiger partial charge < -0.3 is 9.64 Å². The van der Waals surface area contributed by atoms with Crippen LogP contribution >= 0.6 is 11.6 Å². The Morgan fingerprint density at radius 3 is 2.43 bits per heavy atom. The van der Waals surface area contributed by atoms with Crippen molar-refractivity contribution >= 4 is 29.4 Å². The van der Waals surface area contributed by atoms with Crippen LogP contribution in [0.4, 0.5) is 5.69 Å². The second-order valence-corrected chi connectivity index (χ2v) is 5.46. The zero-order valence-electron chi connectivity index (χ0n) is 13.0. The van der Waals surface area contributed by atoms with Crippen LogP contribution in [0, 0.1) is 0 Å². The van der Waals surface area contributed by atoms with E-state index in [1.54, 1.807) is 30.5 Å². The number of amides is 1. The summed E-state index contributed by atoms with van der Waals surface area (Å²) in [5, 5.41) is 4.52. The summed E-state index contributed by atoms with van der Waals surface area (Å²) in [5.74, 6) is 0.244. The first-order valence-electron chi connectivity index (χ1n) is 7.02. The number of nitrogens with one attached hydrogen (secondary N) is 1. The summed E-state index contributed by atoms with van der Waals surface area (Å²) in [7, 11) is 3.95. The van der Waals surface area contributed by atoms with E-state index in [4.69, 9.17) is 16.3 Å². The highest BCUT2D eigenvalue weighted by atomic mass is 35.5. The molecule has 0 bridgehead atoms. The number of benzene rings is 2. The molecule has 120 valence electrons. The van der Waals surface area contributed by atoms with Crippen LogP contribution < -0.4 is 15.1 Å². The zero-order chi connectivity index (χ0) is 16.7. The molecule has 6 heteroatoms. The van der Waals surface area contributed by atoms with E-state index in [0.717, 1.165) is 11.3 Å². The van der Waals surface area contributed by atoms with E-state index in [2.05, 4.69) is 10.5 Å². The first-order chi connectivity index (χ1) is 11.0. The van der Waals surface area contributed by atoms with Gasteiger partial charge in [0, 0.05) is 24.8 Å². The molecule has 0 aliphatic rings. The summed E-state index contributed by atoms with van der Waals surface area (Å²) in [5.41, 5.74) is 4.42. The monoisotopic (exact) mass is 331 g/mol. The molecule has 0 fully saturated rings.